The van der Waals surface area contributed by atoms with Crippen molar-refractivity contribution in [1.82, 2.24) is 5.32 Å². The van der Waals surface area contributed by atoms with Gasteiger partial charge in [0.1, 0.15) is 0 Å². The number of para-hydroxylation sites is 1. The predicted molar refractivity (Wildman–Crippen MR) is 67.1 cm³/mol. The molecule has 1 aromatic carbocycles. The highest BCUT2D eigenvalue weighted by Crippen LogP contribution is 2.21. The first-order chi connectivity index (χ1) is 7.81. The smallest absolute Gasteiger partial charge is 0.0874 e. The van der Waals surface area contributed by atoms with Gasteiger partial charge in [0.15, 0.2) is 0 Å². The highest BCUT2D eigenvalue weighted by Gasteiger charge is 2.20. The van der Waals surface area contributed by atoms with Gasteiger partial charge in [-0.25, -0.2) is 0 Å². The third-order valence-corrected chi connectivity index (χ3v) is 3.03. The van der Waals surface area contributed by atoms with Crippen molar-refractivity contribution in [3.63, 3.8) is 0 Å². The molecule has 0 aliphatic carbocycles. The fourth-order valence-corrected chi connectivity index (χ4v) is 2.21. The molecule has 1 N–H and O–H groups in total. The summed E-state index contributed by atoms with van der Waals surface area (Å²) in [6.45, 7) is 5.87. The van der Waals surface area contributed by atoms with Crippen LogP contribution < -0.4 is 10.2 Å². The van der Waals surface area contributed by atoms with Crippen LogP contribution in [0, 0.1) is 6.92 Å². The molecule has 1 saturated heterocycles. The molecule has 0 spiro atoms. The molecule has 16 heavy (non-hydrogen) atoms. The molecule has 1 aliphatic heterocycles. The van der Waals surface area contributed by atoms with Gasteiger partial charge in [0.05, 0.1) is 12.7 Å². The Bertz CT molecular complexity index is 338. The van der Waals surface area contributed by atoms with Gasteiger partial charge in [-0.15, -0.1) is 0 Å². The standard InChI is InChI=1S/C13H20N2O/c1-11-5-3-4-6-13(11)15-7-8-16-12(10-15)9-14-2/h3-6,12,14H,7-10H2,1-2H3. The summed E-state index contributed by atoms with van der Waals surface area (Å²) in [6.07, 6.45) is 0.304. The molecule has 3 nitrogen and oxygen atoms in total. The van der Waals surface area contributed by atoms with E-state index in [1.165, 1.54) is 11.3 Å². The van der Waals surface area contributed by atoms with Gasteiger partial charge in [-0.1, -0.05) is 18.2 Å². The summed E-state index contributed by atoms with van der Waals surface area (Å²) in [7, 11) is 1.97. The minimum Gasteiger partial charge on any atom is -0.373 e. The minimum absolute atomic E-state index is 0.304. The second kappa shape index (κ2) is 5.32. The van der Waals surface area contributed by atoms with Crippen LogP contribution in [-0.4, -0.2) is 39.4 Å². The molecular weight excluding hydrogens is 200 g/mol. The number of hydrogen-bond acceptors (Lipinski definition) is 3. The van der Waals surface area contributed by atoms with Gasteiger partial charge < -0.3 is 15.0 Å². The Morgan fingerprint density at radius 2 is 2.25 bits per heavy atom. The number of nitrogens with one attached hydrogen (secondary N) is 1. The van der Waals surface area contributed by atoms with E-state index in [0.29, 0.717) is 6.10 Å². The zero-order chi connectivity index (χ0) is 11.4. The first kappa shape index (κ1) is 11.4. The largest absolute Gasteiger partial charge is 0.373 e. The molecule has 3 heteroatoms. The summed E-state index contributed by atoms with van der Waals surface area (Å²) >= 11 is 0. The Labute approximate surface area is 97.4 Å². The molecule has 88 valence electrons. The summed E-state index contributed by atoms with van der Waals surface area (Å²) in [5.41, 5.74) is 2.68. The van der Waals surface area contributed by atoms with E-state index in [1.54, 1.807) is 0 Å². The van der Waals surface area contributed by atoms with Crippen LogP contribution in [0.2, 0.25) is 0 Å². The zero-order valence-corrected chi connectivity index (χ0v) is 10.1. The molecule has 1 atom stereocenters. The SMILES string of the molecule is CNCC1CN(c2ccccc2C)CCO1. The van der Waals surface area contributed by atoms with Crippen LogP contribution in [0.3, 0.4) is 0 Å². The second-order valence-corrected chi connectivity index (χ2v) is 4.28. The maximum absolute atomic E-state index is 5.71. The zero-order valence-electron chi connectivity index (χ0n) is 10.1. The summed E-state index contributed by atoms with van der Waals surface area (Å²) in [4.78, 5) is 2.42. The maximum Gasteiger partial charge on any atom is 0.0874 e. The van der Waals surface area contributed by atoms with Crippen molar-refractivity contribution in [3.05, 3.63) is 29.8 Å². The van der Waals surface area contributed by atoms with Crippen LogP contribution in [-0.2, 0) is 4.74 Å². The van der Waals surface area contributed by atoms with Gasteiger partial charge in [-0.2, -0.15) is 0 Å². The Kier molecular flexibility index (Phi) is 3.80. The van der Waals surface area contributed by atoms with Crippen molar-refractivity contribution < 1.29 is 4.74 Å². The third-order valence-electron chi connectivity index (χ3n) is 3.03. The average Bonchev–Trinajstić information content (AvgIpc) is 2.30. The summed E-state index contributed by atoms with van der Waals surface area (Å²) < 4.78 is 5.71. The monoisotopic (exact) mass is 220 g/mol. The number of aryl methyl sites for hydroxylation is 1. The fraction of sp³-hybridized carbons (Fsp3) is 0.538. The number of rotatable bonds is 3. The lowest BCUT2D eigenvalue weighted by atomic mass is 10.1. The predicted octanol–water partition coefficient (Wildman–Crippen LogP) is 1.42. The van der Waals surface area contributed by atoms with Crippen molar-refractivity contribution in [2.45, 2.75) is 13.0 Å². The molecular formula is C13H20N2O. The number of benzene rings is 1. The number of hydrogen-bond donors (Lipinski definition) is 1. The van der Waals surface area contributed by atoms with Crippen molar-refractivity contribution in [2.24, 2.45) is 0 Å². The van der Waals surface area contributed by atoms with Crippen LogP contribution in [0.15, 0.2) is 24.3 Å². The molecule has 1 aromatic rings. The number of ether oxygens (including phenoxy) is 1. The lowest BCUT2D eigenvalue weighted by Crippen LogP contribution is -2.46. The second-order valence-electron chi connectivity index (χ2n) is 4.28. The molecule has 0 amide bonds. The third kappa shape index (κ3) is 2.54. The van der Waals surface area contributed by atoms with E-state index in [1.807, 2.05) is 7.05 Å². The van der Waals surface area contributed by atoms with E-state index < -0.39 is 0 Å². The van der Waals surface area contributed by atoms with Gasteiger partial charge in [0.2, 0.25) is 0 Å². The molecule has 1 fully saturated rings. The molecule has 0 radical (unpaired) electrons. The quantitative estimate of drug-likeness (QED) is 0.834. The number of morpholine rings is 1. The van der Waals surface area contributed by atoms with E-state index in [2.05, 4.69) is 41.4 Å². The summed E-state index contributed by atoms with van der Waals surface area (Å²) in [5.74, 6) is 0. The molecule has 0 aromatic heterocycles. The molecule has 2 rings (SSSR count). The Hall–Kier alpha value is -1.06. The molecule has 0 saturated carbocycles. The highest BCUT2D eigenvalue weighted by molar-refractivity contribution is 5.53. The minimum atomic E-state index is 0.304. The van der Waals surface area contributed by atoms with Gasteiger partial charge >= 0.3 is 0 Å². The topological polar surface area (TPSA) is 24.5 Å². The first-order valence-corrected chi connectivity index (χ1v) is 5.88. The number of likely N-dealkylation sites (N-methyl/N-ethyl adjacent to an activating group) is 1. The molecule has 0 bridgehead atoms. The molecule has 1 aliphatic rings. The van der Waals surface area contributed by atoms with Crippen LogP contribution in [0.1, 0.15) is 5.56 Å². The number of anilines is 1. The van der Waals surface area contributed by atoms with Gasteiger partial charge in [-0.3, -0.25) is 0 Å². The van der Waals surface area contributed by atoms with Crippen LogP contribution in [0.25, 0.3) is 0 Å². The maximum atomic E-state index is 5.71. The van der Waals surface area contributed by atoms with Gasteiger partial charge in [0, 0.05) is 25.3 Å². The molecule has 1 heterocycles. The van der Waals surface area contributed by atoms with Crippen LogP contribution in [0.5, 0.6) is 0 Å². The van der Waals surface area contributed by atoms with E-state index in [-0.39, 0.29) is 0 Å². The number of nitrogens with zero attached hydrogens (tertiary/aromatic N) is 1. The van der Waals surface area contributed by atoms with Crippen molar-refractivity contribution in [3.8, 4) is 0 Å². The van der Waals surface area contributed by atoms with Gasteiger partial charge in [0.25, 0.3) is 0 Å². The summed E-state index contributed by atoms with van der Waals surface area (Å²) in [5, 5.41) is 3.17. The Balaban J connectivity index is 2.07. The summed E-state index contributed by atoms with van der Waals surface area (Å²) in [6, 6.07) is 8.55. The van der Waals surface area contributed by atoms with E-state index in [9.17, 15) is 0 Å². The average molecular weight is 220 g/mol. The van der Waals surface area contributed by atoms with Crippen molar-refractivity contribution in [1.29, 1.82) is 0 Å². The molecule has 1 unspecified atom stereocenters. The van der Waals surface area contributed by atoms with Crippen molar-refractivity contribution >= 4 is 5.69 Å². The van der Waals surface area contributed by atoms with E-state index in [4.69, 9.17) is 4.74 Å². The normalized spacial score (nSPS) is 21.1. The van der Waals surface area contributed by atoms with Crippen LogP contribution in [0.4, 0.5) is 5.69 Å². The lowest BCUT2D eigenvalue weighted by molar-refractivity contribution is 0.0421. The van der Waals surface area contributed by atoms with Crippen LogP contribution >= 0.6 is 0 Å². The fourth-order valence-electron chi connectivity index (χ4n) is 2.21. The first-order valence-electron chi connectivity index (χ1n) is 5.88. The van der Waals surface area contributed by atoms with E-state index >= 15 is 0 Å². The van der Waals surface area contributed by atoms with E-state index in [0.717, 1.165) is 26.2 Å². The lowest BCUT2D eigenvalue weighted by Gasteiger charge is -2.35. The van der Waals surface area contributed by atoms with Gasteiger partial charge in [-0.05, 0) is 25.6 Å². The highest BCUT2D eigenvalue weighted by atomic mass is 16.5. The Morgan fingerprint density at radius 1 is 1.44 bits per heavy atom. The Morgan fingerprint density at radius 3 is 3.00 bits per heavy atom. The van der Waals surface area contributed by atoms with Crippen molar-refractivity contribution in [2.75, 3.05) is 38.2 Å².